The van der Waals surface area contributed by atoms with Crippen molar-refractivity contribution in [1.29, 1.82) is 0 Å². The Bertz CT molecular complexity index is 569. The molecule has 2 rings (SSSR count). The van der Waals surface area contributed by atoms with Crippen molar-refractivity contribution in [3.8, 4) is 0 Å². The van der Waals surface area contributed by atoms with Gasteiger partial charge in [-0.1, -0.05) is 17.3 Å². The first kappa shape index (κ1) is 13.4. The molecule has 0 aliphatic rings. The average molecular weight is 264 g/mol. The van der Waals surface area contributed by atoms with Gasteiger partial charge in [-0.2, -0.15) is 4.98 Å². The molecule has 0 saturated heterocycles. The number of carbonyl (C=O) groups is 1. The monoisotopic (exact) mass is 264 g/mol. The minimum Gasteiger partial charge on any atom is -0.377 e. The molecular weight excluding hydrogens is 251 g/mol. The lowest BCUT2D eigenvalue weighted by atomic mass is 10.1. The Morgan fingerprint density at radius 1 is 1.47 bits per heavy atom. The van der Waals surface area contributed by atoms with Gasteiger partial charge in [0.2, 0.25) is 5.89 Å². The predicted octanol–water partition coefficient (Wildman–Crippen LogP) is 1.56. The standard InChI is InChI=1S/C13H13FN2O3/c1-18-8-11(17)7-13-15-12(16-19-13)6-9-3-2-4-10(14)5-9/h2-5H,6-8H2,1H3. The van der Waals surface area contributed by atoms with E-state index in [1.807, 2.05) is 0 Å². The van der Waals surface area contributed by atoms with Crippen LogP contribution in [0.25, 0.3) is 0 Å². The number of rotatable bonds is 6. The normalized spacial score (nSPS) is 10.6. The van der Waals surface area contributed by atoms with Gasteiger partial charge in [0.15, 0.2) is 11.6 Å². The zero-order valence-corrected chi connectivity index (χ0v) is 10.4. The lowest BCUT2D eigenvalue weighted by Crippen LogP contribution is -2.09. The van der Waals surface area contributed by atoms with E-state index < -0.39 is 0 Å². The summed E-state index contributed by atoms with van der Waals surface area (Å²) in [6, 6.07) is 6.17. The molecule has 19 heavy (non-hydrogen) atoms. The largest absolute Gasteiger partial charge is 0.377 e. The molecule has 0 N–H and O–H groups in total. The highest BCUT2D eigenvalue weighted by Crippen LogP contribution is 2.09. The molecule has 0 atom stereocenters. The van der Waals surface area contributed by atoms with Crippen LogP contribution in [0, 0.1) is 5.82 Å². The van der Waals surface area contributed by atoms with Gasteiger partial charge in [0.05, 0.1) is 6.42 Å². The molecule has 1 aromatic heterocycles. The SMILES string of the molecule is COCC(=O)Cc1nc(Cc2cccc(F)c2)no1. The summed E-state index contributed by atoms with van der Waals surface area (Å²) >= 11 is 0. The smallest absolute Gasteiger partial charge is 0.234 e. The highest BCUT2D eigenvalue weighted by Gasteiger charge is 2.11. The fourth-order valence-electron chi connectivity index (χ4n) is 1.64. The predicted molar refractivity (Wildman–Crippen MR) is 64.1 cm³/mol. The average Bonchev–Trinajstić information content (AvgIpc) is 2.76. The van der Waals surface area contributed by atoms with E-state index in [0.29, 0.717) is 12.2 Å². The van der Waals surface area contributed by atoms with Crippen LogP contribution in [0.15, 0.2) is 28.8 Å². The van der Waals surface area contributed by atoms with Crippen LogP contribution in [0.4, 0.5) is 4.39 Å². The zero-order chi connectivity index (χ0) is 13.7. The van der Waals surface area contributed by atoms with Gasteiger partial charge in [0.25, 0.3) is 0 Å². The van der Waals surface area contributed by atoms with Gasteiger partial charge >= 0.3 is 0 Å². The van der Waals surface area contributed by atoms with Crippen LogP contribution < -0.4 is 0 Å². The number of Topliss-reactive ketones (excluding diaryl/α,β-unsaturated/α-hetero) is 1. The third-order valence-corrected chi connectivity index (χ3v) is 2.42. The van der Waals surface area contributed by atoms with E-state index in [0.717, 1.165) is 5.56 Å². The second-order valence-corrected chi connectivity index (χ2v) is 4.06. The maximum absolute atomic E-state index is 13.0. The number of methoxy groups -OCH3 is 1. The van der Waals surface area contributed by atoms with Crippen molar-refractivity contribution in [2.75, 3.05) is 13.7 Å². The topological polar surface area (TPSA) is 65.2 Å². The van der Waals surface area contributed by atoms with E-state index in [4.69, 9.17) is 9.26 Å². The molecule has 100 valence electrons. The Balaban J connectivity index is 1.99. The highest BCUT2D eigenvalue weighted by molar-refractivity contribution is 5.81. The molecule has 5 nitrogen and oxygen atoms in total. The number of benzene rings is 1. The van der Waals surface area contributed by atoms with Crippen LogP contribution in [0.3, 0.4) is 0 Å². The Morgan fingerprint density at radius 3 is 3.05 bits per heavy atom. The second-order valence-electron chi connectivity index (χ2n) is 4.06. The molecule has 0 aliphatic carbocycles. The van der Waals surface area contributed by atoms with Crippen molar-refractivity contribution >= 4 is 5.78 Å². The first-order valence-corrected chi connectivity index (χ1v) is 5.74. The number of hydrogen-bond acceptors (Lipinski definition) is 5. The molecule has 1 heterocycles. The van der Waals surface area contributed by atoms with Crippen LogP contribution >= 0.6 is 0 Å². The molecule has 0 radical (unpaired) electrons. The first-order valence-electron chi connectivity index (χ1n) is 5.74. The molecular formula is C13H13FN2O3. The molecule has 0 amide bonds. The van der Waals surface area contributed by atoms with E-state index in [9.17, 15) is 9.18 Å². The molecule has 0 saturated carbocycles. The Kier molecular flexibility index (Phi) is 4.35. The zero-order valence-electron chi connectivity index (χ0n) is 10.4. The van der Waals surface area contributed by atoms with Gasteiger partial charge in [-0.15, -0.1) is 0 Å². The Hall–Kier alpha value is -2.08. The number of carbonyl (C=O) groups excluding carboxylic acids is 1. The van der Waals surface area contributed by atoms with Crippen LogP contribution in [-0.4, -0.2) is 29.6 Å². The van der Waals surface area contributed by atoms with Crippen molar-refractivity contribution in [2.24, 2.45) is 0 Å². The molecule has 0 aliphatic heterocycles. The number of ether oxygens (including phenoxy) is 1. The van der Waals surface area contributed by atoms with Crippen molar-refractivity contribution in [3.05, 3.63) is 47.4 Å². The molecule has 1 aromatic carbocycles. The summed E-state index contributed by atoms with van der Waals surface area (Å²) in [6.07, 6.45) is 0.406. The van der Waals surface area contributed by atoms with E-state index in [1.54, 1.807) is 12.1 Å². The number of nitrogens with zero attached hydrogens (tertiary/aromatic N) is 2. The first-order chi connectivity index (χ1) is 9.17. The van der Waals surface area contributed by atoms with Crippen molar-refractivity contribution in [2.45, 2.75) is 12.8 Å². The summed E-state index contributed by atoms with van der Waals surface area (Å²) in [6.45, 7) is 0.0155. The number of halogens is 1. The highest BCUT2D eigenvalue weighted by atomic mass is 19.1. The van der Waals surface area contributed by atoms with Crippen LogP contribution in [0.5, 0.6) is 0 Å². The van der Waals surface area contributed by atoms with E-state index in [-0.39, 0.29) is 30.5 Å². The van der Waals surface area contributed by atoms with E-state index in [2.05, 4.69) is 10.1 Å². The maximum atomic E-state index is 13.0. The lowest BCUT2D eigenvalue weighted by molar-refractivity contribution is -0.122. The van der Waals surface area contributed by atoms with Gasteiger partial charge in [0, 0.05) is 13.5 Å². The summed E-state index contributed by atoms with van der Waals surface area (Å²) in [5.74, 6) is 0.221. The molecule has 2 aromatic rings. The van der Waals surface area contributed by atoms with Crippen molar-refractivity contribution < 1.29 is 18.4 Å². The maximum Gasteiger partial charge on any atom is 0.234 e. The van der Waals surface area contributed by atoms with Crippen LogP contribution in [0.2, 0.25) is 0 Å². The third kappa shape index (κ3) is 3.96. The van der Waals surface area contributed by atoms with Gasteiger partial charge in [-0.05, 0) is 17.7 Å². The minimum absolute atomic E-state index is 0.0155. The van der Waals surface area contributed by atoms with Gasteiger partial charge in [-0.3, -0.25) is 4.79 Å². The number of aromatic nitrogens is 2. The lowest BCUT2D eigenvalue weighted by Gasteiger charge is -1.96. The van der Waals surface area contributed by atoms with Gasteiger partial charge in [0.1, 0.15) is 12.4 Å². The quantitative estimate of drug-likeness (QED) is 0.792. The number of ketones is 1. The summed E-state index contributed by atoms with van der Waals surface area (Å²) < 4.78 is 22.7. The molecule has 6 heteroatoms. The van der Waals surface area contributed by atoms with Crippen molar-refractivity contribution in [3.63, 3.8) is 0 Å². The molecule has 0 fully saturated rings. The summed E-state index contributed by atoms with van der Waals surface area (Å²) in [5.41, 5.74) is 0.746. The van der Waals surface area contributed by atoms with Gasteiger partial charge < -0.3 is 9.26 Å². The summed E-state index contributed by atoms with van der Waals surface area (Å²) in [4.78, 5) is 15.4. The van der Waals surface area contributed by atoms with E-state index >= 15 is 0 Å². The molecule has 0 bridgehead atoms. The third-order valence-electron chi connectivity index (χ3n) is 2.42. The van der Waals surface area contributed by atoms with Crippen molar-refractivity contribution in [1.82, 2.24) is 10.1 Å². The van der Waals surface area contributed by atoms with Gasteiger partial charge in [-0.25, -0.2) is 4.39 Å². The van der Waals surface area contributed by atoms with E-state index in [1.165, 1.54) is 19.2 Å². The molecule has 0 spiro atoms. The van der Waals surface area contributed by atoms with Crippen LogP contribution in [-0.2, 0) is 22.4 Å². The van der Waals surface area contributed by atoms with Crippen LogP contribution in [0.1, 0.15) is 17.3 Å². The number of hydrogen-bond donors (Lipinski definition) is 0. The fraction of sp³-hybridized carbons (Fsp3) is 0.308. The summed E-state index contributed by atoms with van der Waals surface area (Å²) in [5, 5.41) is 3.75. The second kappa shape index (κ2) is 6.19. The Labute approximate surface area is 109 Å². The summed E-state index contributed by atoms with van der Waals surface area (Å²) in [7, 11) is 1.45. The Morgan fingerprint density at radius 2 is 2.32 bits per heavy atom. The fourth-order valence-corrected chi connectivity index (χ4v) is 1.64. The molecule has 0 unspecified atom stereocenters. The minimum atomic E-state index is -0.309.